The lowest BCUT2D eigenvalue weighted by molar-refractivity contribution is -0.120. The van der Waals surface area contributed by atoms with E-state index in [1.165, 1.54) is 0 Å². The van der Waals surface area contributed by atoms with Gasteiger partial charge in [-0.1, -0.05) is 38.8 Å². The molecular weight excluding hydrogens is 340 g/mol. The average molecular weight is 368 g/mol. The van der Waals surface area contributed by atoms with E-state index < -0.39 is 0 Å². The van der Waals surface area contributed by atoms with Gasteiger partial charge in [0.25, 0.3) is 5.91 Å². The topological polar surface area (TPSA) is 67.4 Å². The maximum absolute atomic E-state index is 12.7. The van der Waals surface area contributed by atoms with Crippen LogP contribution >= 0.6 is 0 Å². The largest absolute Gasteiger partial charge is 0.497 e. The Balaban J connectivity index is 2.11. The standard InChI is InChI=1S/C22H28N2O3/c1-4-6-9-16(5-2)21(25)24-20-11-8-7-10-19(20)22(26)23-17-12-14-18(27-3)15-13-17/h7-8,10-16H,4-6,9H2,1-3H3,(H,23,26)(H,24,25)/t16-/m1/s1. The molecule has 5 heteroatoms. The van der Waals surface area contributed by atoms with E-state index in [0.717, 1.165) is 31.4 Å². The highest BCUT2D eigenvalue weighted by molar-refractivity contribution is 6.10. The van der Waals surface area contributed by atoms with Gasteiger partial charge in [0.2, 0.25) is 5.91 Å². The minimum atomic E-state index is -0.266. The van der Waals surface area contributed by atoms with E-state index in [1.54, 1.807) is 49.6 Å². The van der Waals surface area contributed by atoms with Crippen molar-refractivity contribution in [1.29, 1.82) is 0 Å². The van der Waals surface area contributed by atoms with E-state index in [4.69, 9.17) is 4.74 Å². The van der Waals surface area contributed by atoms with Crippen molar-refractivity contribution in [3.63, 3.8) is 0 Å². The number of anilines is 2. The first-order valence-corrected chi connectivity index (χ1v) is 9.44. The number of carbonyl (C=O) groups excluding carboxylic acids is 2. The highest BCUT2D eigenvalue weighted by atomic mass is 16.5. The minimum Gasteiger partial charge on any atom is -0.497 e. The Kier molecular flexibility index (Phi) is 7.86. The van der Waals surface area contributed by atoms with E-state index >= 15 is 0 Å². The molecule has 0 aliphatic heterocycles. The van der Waals surface area contributed by atoms with Crippen LogP contribution in [0.2, 0.25) is 0 Å². The van der Waals surface area contributed by atoms with Gasteiger partial charge in [-0.15, -0.1) is 0 Å². The molecule has 2 aromatic carbocycles. The number of unbranched alkanes of at least 4 members (excludes halogenated alkanes) is 1. The second-order valence-electron chi connectivity index (χ2n) is 6.46. The summed E-state index contributed by atoms with van der Waals surface area (Å²) in [5.74, 6) is 0.384. The fourth-order valence-electron chi connectivity index (χ4n) is 2.87. The molecule has 0 saturated carbocycles. The van der Waals surface area contributed by atoms with Crippen molar-refractivity contribution < 1.29 is 14.3 Å². The predicted octanol–water partition coefficient (Wildman–Crippen LogP) is 5.10. The van der Waals surface area contributed by atoms with Gasteiger partial charge in [-0.05, 0) is 49.2 Å². The summed E-state index contributed by atoms with van der Waals surface area (Å²) >= 11 is 0. The zero-order valence-corrected chi connectivity index (χ0v) is 16.2. The summed E-state index contributed by atoms with van der Waals surface area (Å²) in [6.07, 6.45) is 3.72. The number of amides is 2. The number of rotatable bonds is 9. The van der Waals surface area contributed by atoms with Crippen LogP contribution in [0.15, 0.2) is 48.5 Å². The molecule has 0 spiro atoms. The van der Waals surface area contributed by atoms with Gasteiger partial charge in [0.05, 0.1) is 18.4 Å². The van der Waals surface area contributed by atoms with Crippen LogP contribution in [0.3, 0.4) is 0 Å². The van der Waals surface area contributed by atoms with Gasteiger partial charge in [-0.3, -0.25) is 9.59 Å². The molecule has 0 aromatic heterocycles. The van der Waals surface area contributed by atoms with Crippen LogP contribution in [0.5, 0.6) is 5.75 Å². The lowest BCUT2D eigenvalue weighted by Crippen LogP contribution is -2.24. The second-order valence-corrected chi connectivity index (χ2v) is 6.46. The van der Waals surface area contributed by atoms with Crippen molar-refractivity contribution >= 4 is 23.2 Å². The van der Waals surface area contributed by atoms with Crippen LogP contribution < -0.4 is 15.4 Å². The van der Waals surface area contributed by atoms with E-state index in [1.807, 2.05) is 13.0 Å². The molecule has 2 rings (SSSR count). The number of para-hydroxylation sites is 1. The number of ether oxygens (including phenoxy) is 1. The van der Waals surface area contributed by atoms with Gasteiger partial charge in [0.1, 0.15) is 5.75 Å². The molecule has 0 heterocycles. The van der Waals surface area contributed by atoms with E-state index in [2.05, 4.69) is 17.6 Å². The van der Waals surface area contributed by atoms with E-state index in [0.29, 0.717) is 16.9 Å². The van der Waals surface area contributed by atoms with Crippen LogP contribution in [0, 0.1) is 5.92 Å². The maximum atomic E-state index is 12.7. The van der Waals surface area contributed by atoms with E-state index in [9.17, 15) is 9.59 Å². The molecule has 0 fully saturated rings. The first-order chi connectivity index (χ1) is 13.1. The van der Waals surface area contributed by atoms with Crippen molar-refractivity contribution in [3.05, 3.63) is 54.1 Å². The van der Waals surface area contributed by atoms with Crippen LogP contribution in [0.4, 0.5) is 11.4 Å². The fourth-order valence-corrected chi connectivity index (χ4v) is 2.87. The van der Waals surface area contributed by atoms with Gasteiger partial charge < -0.3 is 15.4 Å². The molecule has 0 unspecified atom stereocenters. The van der Waals surface area contributed by atoms with Crippen LogP contribution in [0.25, 0.3) is 0 Å². The summed E-state index contributed by atoms with van der Waals surface area (Å²) in [7, 11) is 1.59. The zero-order chi connectivity index (χ0) is 19.6. The molecule has 144 valence electrons. The monoisotopic (exact) mass is 368 g/mol. The third kappa shape index (κ3) is 5.84. The maximum Gasteiger partial charge on any atom is 0.257 e. The molecule has 27 heavy (non-hydrogen) atoms. The smallest absolute Gasteiger partial charge is 0.257 e. The Hall–Kier alpha value is -2.82. The Morgan fingerprint density at radius 3 is 2.33 bits per heavy atom. The van der Waals surface area contributed by atoms with Gasteiger partial charge in [-0.2, -0.15) is 0 Å². The first kappa shape index (κ1) is 20.5. The first-order valence-electron chi connectivity index (χ1n) is 9.44. The summed E-state index contributed by atoms with van der Waals surface area (Å²) in [5, 5.41) is 5.79. The van der Waals surface area contributed by atoms with Crippen molar-refractivity contribution in [1.82, 2.24) is 0 Å². The highest BCUT2D eigenvalue weighted by Gasteiger charge is 2.19. The van der Waals surface area contributed by atoms with Crippen LogP contribution in [-0.2, 0) is 4.79 Å². The number of carbonyl (C=O) groups is 2. The third-order valence-corrected chi connectivity index (χ3v) is 4.55. The molecule has 0 saturated heterocycles. The highest BCUT2D eigenvalue weighted by Crippen LogP contribution is 2.21. The third-order valence-electron chi connectivity index (χ3n) is 4.55. The number of benzene rings is 2. The quantitative estimate of drug-likeness (QED) is 0.647. The molecule has 5 nitrogen and oxygen atoms in total. The van der Waals surface area contributed by atoms with Gasteiger partial charge in [0, 0.05) is 11.6 Å². The number of hydrogen-bond donors (Lipinski definition) is 2. The van der Waals surface area contributed by atoms with Crippen molar-refractivity contribution in [3.8, 4) is 5.75 Å². The number of hydrogen-bond acceptors (Lipinski definition) is 3. The Labute approximate surface area is 161 Å². The van der Waals surface area contributed by atoms with Gasteiger partial charge >= 0.3 is 0 Å². The van der Waals surface area contributed by atoms with Crippen LogP contribution in [-0.4, -0.2) is 18.9 Å². The Morgan fingerprint density at radius 2 is 1.70 bits per heavy atom. The Bertz CT molecular complexity index is 756. The van der Waals surface area contributed by atoms with Crippen molar-refractivity contribution in [2.45, 2.75) is 39.5 Å². The lowest BCUT2D eigenvalue weighted by atomic mass is 9.98. The summed E-state index contributed by atoms with van der Waals surface area (Å²) in [6.45, 7) is 4.13. The predicted molar refractivity (Wildman–Crippen MR) is 109 cm³/mol. The fraction of sp³-hybridized carbons (Fsp3) is 0.364. The average Bonchev–Trinajstić information content (AvgIpc) is 2.69. The molecule has 0 aliphatic rings. The van der Waals surface area contributed by atoms with Crippen LogP contribution in [0.1, 0.15) is 49.9 Å². The molecule has 1 atom stereocenters. The normalized spacial score (nSPS) is 11.5. The SMILES string of the molecule is CCCC[C@@H](CC)C(=O)Nc1ccccc1C(=O)Nc1ccc(OC)cc1. The molecule has 2 N–H and O–H groups in total. The molecule has 2 aromatic rings. The van der Waals surface area contributed by atoms with Gasteiger partial charge in [-0.25, -0.2) is 0 Å². The summed E-state index contributed by atoms with van der Waals surface area (Å²) in [5.41, 5.74) is 1.63. The van der Waals surface area contributed by atoms with E-state index in [-0.39, 0.29) is 17.7 Å². The molecular formula is C22H28N2O3. The zero-order valence-electron chi connectivity index (χ0n) is 16.2. The summed E-state index contributed by atoms with van der Waals surface area (Å²) in [4.78, 5) is 25.3. The summed E-state index contributed by atoms with van der Waals surface area (Å²) in [6, 6.07) is 14.2. The number of methoxy groups -OCH3 is 1. The minimum absolute atomic E-state index is 0.0318. The van der Waals surface area contributed by atoms with Crippen molar-refractivity contribution in [2.75, 3.05) is 17.7 Å². The summed E-state index contributed by atoms with van der Waals surface area (Å²) < 4.78 is 5.12. The molecule has 2 amide bonds. The van der Waals surface area contributed by atoms with Gasteiger partial charge in [0.15, 0.2) is 0 Å². The molecule has 0 radical (unpaired) electrons. The second kappa shape index (κ2) is 10.4. The van der Waals surface area contributed by atoms with Crippen molar-refractivity contribution in [2.24, 2.45) is 5.92 Å². The molecule has 0 bridgehead atoms. The molecule has 0 aliphatic carbocycles. The Morgan fingerprint density at radius 1 is 1.00 bits per heavy atom. The lowest BCUT2D eigenvalue weighted by Gasteiger charge is -2.16. The number of nitrogens with one attached hydrogen (secondary N) is 2.